The second-order valence-corrected chi connectivity index (χ2v) is 15.3. The number of benzene rings is 3. The highest BCUT2D eigenvalue weighted by molar-refractivity contribution is 6.36. The van der Waals surface area contributed by atoms with Gasteiger partial charge in [-0.15, -0.1) is 0 Å². The minimum Gasteiger partial charge on any atom is -0.508 e. The number of carbonyl (C=O) groups is 4. The average molecular weight is 745 g/mol. The number of imide groups is 2. The smallest absolute Gasteiger partial charge is 0.260 e. The number of anilines is 1. The van der Waals surface area contributed by atoms with Crippen LogP contribution in [-0.4, -0.2) is 58.9 Å². The Morgan fingerprint density at radius 1 is 0.846 bits per heavy atom. The highest BCUT2D eigenvalue weighted by atomic mass is 35.5. The zero-order valence-electron chi connectivity index (χ0n) is 28.8. The molecule has 52 heavy (non-hydrogen) atoms. The zero-order chi connectivity index (χ0) is 36.5. The molecule has 2 aliphatic heterocycles. The van der Waals surface area contributed by atoms with E-state index in [2.05, 4.69) is 5.43 Å². The summed E-state index contributed by atoms with van der Waals surface area (Å²) in [6, 6.07) is 16.5. The summed E-state index contributed by atoms with van der Waals surface area (Å²) in [6.45, 7) is 0. The summed E-state index contributed by atoms with van der Waals surface area (Å²) in [4.78, 5) is 60.5. The van der Waals surface area contributed by atoms with Crippen molar-refractivity contribution in [2.75, 3.05) is 19.6 Å². The van der Waals surface area contributed by atoms with Crippen LogP contribution in [0.5, 0.6) is 17.2 Å². The van der Waals surface area contributed by atoms with E-state index >= 15 is 4.79 Å². The van der Waals surface area contributed by atoms with Gasteiger partial charge in [-0.05, 0) is 73.6 Å². The van der Waals surface area contributed by atoms with Crippen molar-refractivity contribution in [1.82, 2.24) is 9.91 Å². The number of phenolic OH excluding ortho intramolecular Hbond substituents is 1. The lowest BCUT2D eigenvalue weighted by molar-refractivity contribution is -0.144. The van der Waals surface area contributed by atoms with Crippen LogP contribution in [0.2, 0.25) is 10.0 Å². The number of fused-ring (bicyclic) bond motifs is 4. The Kier molecular flexibility index (Phi) is 8.73. The van der Waals surface area contributed by atoms with Crippen molar-refractivity contribution < 1.29 is 33.8 Å². The molecular formula is C40H39Cl2N3O7. The van der Waals surface area contributed by atoms with E-state index < -0.39 is 46.8 Å². The molecule has 6 unspecified atom stereocenters. The molecule has 2 saturated heterocycles. The van der Waals surface area contributed by atoms with Crippen molar-refractivity contribution in [2.24, 2.45) is 23.7 Å². The number of carbonyl (C=O) groups excluding carboxylic acids is 4. The van der Waals surface area contributed by atoms with E-state index in [1.54, 1.807) is 49.6 Å². The largest absolute Gasteiger partial charge is 0.508 e. The summed E-state index contributed by atoms with van der Waals surface area (Å²) in [7, 11) is 3.04. The highest BCUT2D eigenvalue weighted by Crippen LogP contribution is 2.65. The number of nitrogens with one attached hydrogen (secondary N) is 1. The van der Waals surface area contributed by atoms with E-state index in [9.17, 15) is 19.5 Å². The maximum atomic E-state index is 15.4. The monoisotopic (exact) mass is 743 g/mol. The zero-order valence-corrected chi connectivity index (χ0v) is 30.3. The van der Waals surface area contributed by atoms with Crippen LogP contribution < -0.4 is 14.9 Å². The number of ether oxygens (including phenoxy) is 2. The molecule has 12 heteroatoms. The highest BCUT2D eigenvalue weighted by Gasteiger charge is 2.71. The number of nitrogens with zero attached hydrogens (tertiary/aromatic N) is 2. The molecule has 0 bridgehead atoms. The molecule has 2 saturated carbocycles. The number of amides is 4. The molecular weight excluding hydrogens is 705 g/mol. The predicted molar refractivity (Wildman–Crippen MR) is 194 cm³/mol. The number of halogens is 2. The van der Waals surface area contributed by atoms with Crippen molar-refractivity contribution in [3.05, 3.63) is 93.5 Å². The SMILES string of the molecule is COc1ccc(C23C(=O)N(Nc4ccc(Cl)cc4Cl)C(=O)C2CC2C(=CCC4C(=O)N(C5CCCCC5)C(=O)C42)C3c2ccc(O)cc2OC)cc1. The Morgan fingerprint density at radius 2 is 1.60 bits per heavy atom. The maximum absolute atomic E-state index is 15.4. The van der Waals surface area contributed by atoms with Crippen molar-refractivity contribution in [3.8, 4) is 17.2 Å². The van der Waals surface area contributed by atoms with Gasteiger partial charge >= 0.3 is 0 Å². The number of phenols is 1. The Bertz CT molecular complexity index is 2010. The molecule has 4 amide bonds. The van der Waals surface area contributed by atoms with E-state index in [0.29, 0.717) is 39.8 Å². The average Bonchev–Trinajstić information content (AvgIpc) is 3.53. The molecule has 270 valence electrons. The third-order valence-corrected chi connectivity index (χ3v) is 12.6. The fraction of sp³-hybridized carbons (Fsp3) is 0.400. The lowest BCUT2D eigenvalue weighted by Gasteiger charge is -2.50. The predicted octanol–water partition coefficient (Wildman–Crippen LogP) is 7.03. The Hall–Kier alpha value is -4.54. The summed E-state index contributed by atoms with van der Waals surface area (Å²) >= 11 is 12.7. The third kappa shape index (κ3) is 5.12. The first-order valence-electron chi connectivity index (χ1n) is 17.8. The fourth-order valence-electron chi connectivity index (χ4n) is 9.85. The molecule has 2 heterocycles. The summed E-state index contributed by atoms with van der Waals surface area (Å²) < 4.78 is 11.3. The number of hydrazine groups is 1. The Balaban J connectivity index is 1.33. The van der Waals surface area contributed by atoms with Crippen LogP contribution in [-0.2, 0) is 24.6 Å². The first kappa shape index (κ1) is 34.5. The van der Waals surface area contributed by atoms with E-state index in [-0.39, 0.29) is 35.0 Å². The van der Waals surface area contributed by atoms with Gasteiger partial charge in [0, 0.05) is 28.6 Å². The lowest BCUT2D eigenvalue weighted by Crippen LogP contribution is -2.53. The van der Waals surface area contributed by atoms with Crippen LogP contribution in [0.4, 0.5) is 5.69 Å². The van der Waals surface area contributed by atoms with Gasteiger partial charge in [0.2, 0.25) is 11.8 Å². The molecule has 2 N–H and O–H groups in total. The van der Waals surface area contributed by atoms with E-state index in [1.807, 2.05) is 6.08 Å². The number of likely N-dealkylation sites (tertiary alicyclic amines) is 1. The summed E-state index contributed by atoms with van der Waals surface area (Å²) in [5.41, 5.74) is 3.73. The van der Waals surface area contributed by atoms with Gasteiger partial charge in [-0.3, -0.25) is 29.5 Å². The summed E-state index contributed by atoms with van der Waals surface area (Å²) in [6.07, 6.45) is 7.11. The van der Waals surface area contributed by atoms with Gasteiger partial charge in [-0.25, -0.2) is 0 Å². The minimum absolute atomic E-state index is 0.0325. The van der Waals surface area contributed by atoms with Gasteiger partial charge in [0.1, 0.15) is 17.2 Å². The molecule has 4 fully saturated rings. The second kappa shape index (κ2) is 13.1. The molecule has 3 aliphatic carbocycles. The molecule has 5 aliphatic rings. The van der Waals surface area contributed by atoms with E-state index in [1.165, 1.54) is 30.2 Å². The molecule has 3 aromatic carbocycles. The summed E-state index contributed by atoms with van der Waals surface area (Å²) in [5, 5.41) is 12.2. The van der Waals surface area contributed by atoms with Crippen molar-refractivity contribution in [3.63, 3.8) is 0 Å². The first-order valence-corrected chi connectivity index (χ1v) is 18.5. The minimum atomic E-state index is -1.54. The van der Waals surface area contributed by atoms with Crippen LogP contribution >= 0.6 is 23.2 Å². The van der Waals surface area contributed by atoms with Gasteiger partial charge in [0.25, 0.3) is 11.8 Å². The first-order chi connectivity index (χ1) is 25.1. The molecule has 8 rings (SSSR count). The van der Waals surface area contributed by atoms with Gasteiger partial charge < -0.3 is 14.6 Å². The molecule has 0 spiro atoms. The normalized spacial score (nSPS) is 28.7. The Labute approximate surface area is 311 Å². The number of allylic oxidation sites excluding steroid dienone is 2. The Morgan fingerprint density at radius 3 is 2.29 bits per heavy atom. The number of methoxy groups -OCH3 is 2. The second-order valence-electron chi connectivity index (χ2n) is 14.5. The lowest BCUT2D eigenvalue weighted by atomic mass is 9.49. The van der Waals surface area contributed by atoms with Crippen LogP contribution in [0.15, 0.2) is 72.3 Å². The third-order valence-electron chi connectivity index (χ3n) is 12.1. The van der Waals surface area contributed by atoms with Gasteiger partial charge in [0.15, 0.2) is 0 Å². The van der Waals surface area contributed by atoms with Crippen LogP contribution in [0, 0.1) is 23.7 Å². The molecule has 6 atom stereocenters. The number of hydrogen-bond acceptors (Lipinski definition) is 8. The number of rotatable bonds is 7. The molecule has 0 radical (unpaired) electrons. The standard InChI is InChI=1S/C40H39Cl2N3O7/c1-51-25-12-8-21(9-13-25)40-30(37(48)45(39(40)50)43-32-17-10-22(41)18-31(32)42)20-29-26(35(40)27-14-11-24(46)19-33(27)52-2)15-16-28-34(29)38(49)44(36(28)47)23-6-4-3-5-7-23/h8-15,17-19,23,28-30,34-35,43,46H,3-7,16,20H2,1-2H3. The van der Waals surface area contributed by atoms with Gasteiger partial charge in [-0.1, -0.05) is 72.3 Å². The molecule has 10 nitrogen and oxygen atoms in total. The maximum Gasteiger partial charge on any atom is 0.260 e. The van der Waals surface area contributed by atoms with Crippen molar-refractivity contribution in [1.29, 1.82) is 0 Å². The quantitative estimate of drug-likeness (QED) is 0.195. The van der Waals surface area contributed by atoms with Crippen molar-refractivity contribution in [2.45, 2.75) is 62.3 Å². The number of hydrogen-bond donors (Lipinski definition) is 2. The van der Waals surface area contributed by atoms with E-state index in [0.717, 1.165) is 42.7 Å². The van der Waals surface area contributed by atoms with Crippen molar-refractivity contribution >= 4 is 52.5 Å². The number of aromatic hydroxyl groups is 1. The fourth-order valence-corrected chi connectivity index (χ4v) is 10.3. The van der Waals surface area contributed by atoms with Gasteiger partial charge in [0.05, 0.1) is 48.1 Å². The van der Waals surface area contributed by atoms with Crippen LogP contribution in [0.3, 0.4) is 0 Å². The van der Waals surface area contributed by atoms with Crippen LogP contribution in [0.25, 0.3) is 0 Å². The molecule has 3 aromatic rings. The summed E-state index contributed by atoms with van der Waals surface area (Å²) in [5.74, 6) is -4.00. The topological polar surface area (TPSA) is 125 Å². The van der Waals surface area contributed by atoms with E-state index in [4.69, 9.17) is 32.7 Å². The molecule has 0 aromatic heterocycles. The van der Waals surface area contributed by atoms with Gasteiger partial charge in [-0.2, -0.15) is 5.01 Å². The van der Waals surface area contributed by atoms with Crippen LogP contribution in [0.1, 0.15) is 62.0 Å².